The van der Waals surface area contributed by atoms with E-state index in [-0.39, 0.29) is 33.0 Å². The SMILES string of the molecule is CC(C)(C)[Si](C)(C)Oc1cc(Cl)cc2c1NC(=O)O[C@@]2(C#CC1CC1)C(F)(F)F. The number of benzene rings is 1. The van der Waals surface area contributed by atoms with Crippen molar-refractivity contribution in [2.75, 3.05) is 5.32 Å². The van der Waals surface area contributed by atoms with Crippen LogP contribution < -0.4 is 9.74 Å². The van der Waals surface area contributed by atoms with E-state index in [1.165, 1.54) is 6.07 Å². The summed E-state index contributed by atoms with van der Waals surface area (Å²) in [5, 5.41) is 2.19. The normalized spacial score (nSPS) is 22.0. The van der Waals surface area contributed by atoms with Crippen LogP contribution in [-0.4, -0.2) is 20.6 Å². The molecule has 29 heavy (non-hydrogen) atoms. The average molecular weight is 446 g/mol. The Morgan fingerprint density at radius 3 is 2.41 bits per heavy atom. The number of hydrogen-bond acceptors (Lipinski definition) is 3. The van der Waals surface area contributed by atoms with Crippen molar-refractivity contribution in [1.82, 2.24) is 0 Å². The summed E-state index contributed by atoms with van der Waals surface area (Å²) >= 11 is 6.17. The number of anilines is 1. The molecule has 9 heteroatoms. The van der Waals surface area contributed by atoms with Gasteiger partial charge in [-0.2, -0.15) is 13.2 Å². The number of carbonyl (C=O) groups excluding carboxylic acids is 1. The number of cyclic esters (lactones) is 1. The molecule has 0 saturated heterocycles. The molecular weight excluding hydrogens is 423 g/mol. The van der Waals surface area contributed by atoms with Gasteiger partial charge in [0.25, 0.3) is 13.9 Å². The molecule has 1 aromatic carbocycles. The zero-order valence-electron chi connectivity index (χ0n) is 16.9. The Hall–Kier alpha value is -1.85. The minimum absolute atomic E-state index is 0.0408. The van der Waals surface area contributed by atoms with Gasteiger partial charge < -0.3 is 9.16 Å². The van der Waals surface area contributed by atoms with Crippen molar-refractivity contribution in [1.29, 1.82) is 0 Å². The lowest BCUT2D eigenvalue weighted by molar-refractivity contribution is -0.239. The Labute approximate surface area is 174 Å². The van der Waals surface area contributed by atoms with Crippen LogP contribution in [0, 0.1) is 17.8 Å². The lowest BCUT2D eigenvalue weighted by Gasteiger charge is -2.40. The fourth-order valence-corrected chi connectivity index (χ4v) is 3.85. The summed E-state index contributed by atoms with van der Waals surface area (Å²) < 4.78 is 53.7. The third-order valence-electron chi connectivity index (χ3n) is 5.52. The Bertz CT molecular complexity index is 911. The molecule has 3 rings (SSSR count). The Morgan fingerprint density at radius 2 is 1.90 bits per heavy atom. The molecule has 1 amide bonds. The zero-order chi connectivity index (χ0) is 21.8. The second-order valence-corrected chi connectivity index (χ2v) is 14.1. The van der Waals surface area contributed by atoms with Crippen molar-refractivity contribution in [2.24, 2.45) is 5.92 Å². The van der Waals surface area contributed by atoms with Gasteiger partial charge in [-0.15, -0.1) is 0 Å². The summed E-state index contributed by atoms with van der Waals surface area (Å²) in [6.45, 7) is 9.90. The third-order valence-corrected chi connectivity index (χ3v) is 10.1. The van der Waals surface area contributed by atoms with Crippen molar-refractivity contribution in [3.05, 3.63) is 22.7 Å². The number of rotatable bonds is 2. The molecule has 0 spiro atoms. The Kier molecular flexibility index (Phi) is 5.16. The number of fused-ring (bicyclic) bond motifs is 1. The highest BCUT2D eigenvalue weighted by Gasteiger charge is 2.62. The first-order chi connectivity index (χ1) is 13.2. The quantitative estimate of drug-likeness (QED) is 0.420. The first-order valence-electron chi connectivity index (χ1n) is 9.29. The minimum Gasteiger partial charge on any atom is -0.542 e. The largest absolute Gasteiger partial charge is 0.542 e. The van der Waals surface area contributed by atoms with Crippen LogP contribution in [0.5, 0.6) is 5.75 Å². The molecular formula is C20H23ClF3NO3Si. The Morgan fingerprint density at radius 1 is 1.28 bits per heavy atom. The molecule has 1 aliphatic heterocycles. The highest BCUT2D eigenvalue weighted by molar-refractivity contribution is 6.74. The van der Waals surface area contributed by atoms with Crippen molar-refractivity contribution in [3.8, 4) is 17.6 Å². The molecule has 0 unspecified atom stereocenters. The fourth-order valence-electron chi connectivity index (χ4n) is 2.62. The summed E-state index contributed by atoms with van der Waals surface area (Å²) in [6, 6.07) is 2.55. The van der Waals surface area contributed by atoms with Gasteiger partial charge in [-0.1, -0.05) is 38.3 Å². The third kappa shape index (κ3) is 4.08. The standard InChI is InChI=1S/C20H23ClF3NO3Si/c1-18(2,3)29(4,5)28-15-11-13(21)10-14-16(15)25-17(26)27-19(14,20(22,23)24)9-8-12-6-7-12/h10-12H,6-7H2,1-5H3,(H,25,26)/t19-/m1/s1. The first kappa shape index (κ1) is 21.8. The van der Waals surface area contributed by atoms with Crippen LogP contribution in [0.1, 0.15) is 39.2 Å². The first-order valence-corrected chi connectivity index (χ1v) is 12.6. The predicted molar refractivity (Wildman–Crippen MR) is 108 cm³/mol. The van der Waals surface area contributed by atoms with Gasteiger partial charge in [0.15, 0.2) is 0 Å². The van der Waals surface area contributed by atoms with Crippen LogP contribution in [-0.2, 0) is 10.3 Å². The van der Waals surface area contributed by atoms with Gasteiger partial charge in [-0.3, -0.25) is 5.32 Å². The summed E-state index contributed by atoms with van der Waals surface area (Å²) in [5.74, 6) is 4.78. The van der Waals surface area contributed by atoms with E-state index in [1.54, 1.807) is 0 Å². The second kappa shape index (κ2) is 6.85. The van der Waals surface area contributed by atoms with Gasteiger partial charge in [-0.25, -0.2) is 4.79 Å². The van der Waals surface area contributed by atoms with Crippen molar-refractivity contribution < 1.29 is 27.1 Å². The smallest absolute Gasteiger partial charge is 0.445 e. The number of alkyl halides is 3. The lowest BCUT2D eigenvalue weighted by Crippen LogP contribution is -2.50. The number of nitrogens with one attached hydrogen (secondary N) is 1. The molecule has 0 bridgehead atoms. The summed E-state index contributed by atoms with van der Waals surface area (Å²) in [6.07, 6.45) is -4.73. The Balaban J connectivity index is 2.22. The molecule has 1 aliphatic carbocycles. The van der Waals surface area contributed by atoms with E-state index in [1.807, 2.05) is 33.9 Å². The summed E-state index contributed by atoms with van der Waals surface area (Å²) in [7, 11) is -2.44. The van der Waals surface area contributed by atoms with Crippen LogP contribution in [0.3, 0.4) is 0 Å². The van der Waals surface area contributed by atoms with Crippen LogP contribution in [0.25, 0.3) is 0 Å². The summed E-state index contributed by atoms with van der Waals surface area (Å²) in [4.78, 5) is 12.2. The van der Waals surface area contributed by atoms with Gasteiger partial charge in [0.05, 0.1) is 5.69 Å². The number of hydrogen-bond donors (Lipinski definition) is 1. The van der Waals surface area contributed by atoms with Crippen LogP contribution in [0.15, 0.2) is 12.1 Å². The van der Waals surface area contributed by atoms with Gasteiger partial charge >= 0.3 is 12.3 Å². The number of ether oxygens (including phenoxy) is 1. The molecule has 1 aromatic rings. The minimum atomic E-state index is -4.96. The molecule has 2 aliphatic rings. The van der Waals surface area contributed by atoms with Crippen molar-refractivity contribution >= 4 is 31.7 Å². The van der Waals surface area contributed by atoms with E-state index in [0.29, 0.717) is 0 Å². The van der Waals surface area contributed by atoms with E-state index in [2.05, 4.69) is 17.2 Å². The molecule has 1 atom stereocenters. The highest BCUT2D eigenvalue weighted by atomic mass is 35.5. The van der Waals surface area contributed by atoms with Gasteiger partial charge in [-0.05, 0) is 49.0 Å². The number of halogens is 4. The lowest BCUT2D eigenvalue weighted by atomic mass is 9.90. The van der Waals surface area contributed by atoms with E-state index < -0.39 is 26.2 Å². The topological polar surface area (TPSA) is 47.6 Å². The molecule has 1 N–H and O–H groups in total. The maximum absolute atomic E-state index is 14.2. The van der Waals surface area contributed by atoms with Gasteiger partial charge in [0.1, 0.15) is 5.75 Å². The van der Waals surface area contributed by atoms with Gasteiger partial charge in [0, 0.05) is 16.5 Å². The zero-order valence-corrected chi connectivity index (χ0v) is 18.6. The molecule has 0 aromatic heterocycles. The second-order valence-electron chi connectivity index (χ2n) is 8.93. The number of amides is 1. The predicted octanol–water partition coefficient (Wildman–Crippen LogP) is 6.46. The molecule has 1 saturated carbocycles. The van der Waals surface area contributed by atoms with Crippen LogP contribution in [0.4, 0.5) is 23.7 Å². The highest BCUT2D eigenvalue weighted by Crippen LogP contribution is 2.52. The van der Waals surface area contributed by atoms with Crippen LogP contribution >= 0.6 is 11.6 Å². The molecule has 1 fully saturated rings. The van der Waals surface area contributed by atoms with Crippen LogP contribution in [0.2, 0.25) is 23.2 Å². The van der Waals surface area contributed by atoms with E-state index in [4.69, 9.17) is 20.8 Å². The monoisotopic (exact) mass is 445 g/mol. The maximum atomic E-state index is 14.2. The fraction of sp³-hybridized carbons (Fsp3) is 0.550. The van der Waals surface area contributed by atoms with E-state index in [0.717, 1.165) is 18.9 Å². The molecule has 158 valence electrons. The maximum Gasteiger partial charge on any atom is 0.445 e. The van der Waals surface area contributed by atoms with Crippen molar-refractivity contribution in [2.45, 2.75) is 63.5 Å². The molecule has 4 nitrogen and oxygen atoms in total. The average Bonchev–Trinajstić information content (AvgIpc) is 3.35. The molecule has 1 heterocycles. The summed E-state index contributed by atoms with van der Waals surface area (Å²) in [5.41, 5.74) is -3.55. The molecule has 0 radical (unpaired) electrons. The van der Waals surface area contributed by atoms with Crippen molar-refractivity contribution in [3.63, 3.8) is 0 Å². The number of carbonyl (C=O) groups is 1. The van der Waals surface area contributed by atoms with E-state index >= 15 is 0 Å². The van der Waals surface area contributed by atoms with Gasteiger partial charge in [0.2, 0.25) is 0 Å². The van der Waals surface area contributed by atoms with E-state index in [9.17, 15) is 18.0 Å².